The highest BCUT2D eigenvalue weighted by molar-refractivity contribution is 5.94. The van der Waals surface area contributed by atoms with Crippen molar-refractivity contribution in [2.24, 2.45) is 5.92 Å². The first kappa shape index (κ1) is 19.2. The highest BCUT2D eigenvalue weighted by Gasteiger charge is 2.22. The van der Waals surface area contributed by atoms with Crippen LogP contribution >= 0.6 is 0 Å². The van der Waals surface area contributed by atoms with Gasteiger partial charge in [0.15, 0.2) is 17.5 Å². The molecular weight excluding hydrogens is 335 g/mol. The van der Waals surface area contributed by atoms with Gasteiger partial charge in [-0.1, -0.05) is 6.92 Å². The van der Waals surface area contributed by atoms with Crippen LogP contribution in [0.4, 0.5) is 18.9 Å². The van der Waals surface area contributed by atoms with Gasteiger partial charge in [0.05, 0.1) is 18.8 Å². The summed E-state index contributed by atoms with van der Waals surface area (Å²) in [6, 6.07) is 1.67. The highest BCUT2D eigenvalue weighted by atomic mass is 19.2. The molecule has 0 saturated heterocycles. The lowest BCUT2D eigenvalue weighted by Crippen LogP contribution is -2.43. The van der Waals surface area contributed by atoms with E-state index in [9.17, 15) is 22.8 Å². The van der Waals surface area contributed by atoms with Crippen LogP contribution in [0.15, 0.2) is 12.1 Å². The molecule has 138 valence electrons. The second kappa shape index (κ2) is 8.84. The molecule has 0 atom stereocenters. The van der Waals surface area contributed by atoms with Crippen LogP contribution < -0.4 is 10.6 Å². The van der Waals surface area contributed by atoms with Gasteiger partial charge in [0.25, 0.3) is 0 Å². The Balaban J connectivity index is 1.90. The minimum absolute atomic E-state index is 0.128. The van der Waals surface area contributed by atoms with Crippen molar-refractivity contribution in [1.29, 1.82) is 0 Å². The first-order valence-corrected chi connectivity index (χ1v) is 8.34. The Hall–Kier alpha value is -2.09. The zero-order valence-electron chi connectivity index (χ0n) is 14.1. The van der Waals surface area contributed by atoms with Crippen molar-refractivity contribution in [2.75, 3.05) is 31.5 Å². The summed E-state index contributed by atoms with van der Waals surface area (Å²) in [7, 11) is 0. The summed E-state index contributed by atoms with van der Waals surface area (Å²) in [6.45, 7) is 2.86. The molecule has 0 spiro atoms. The molecule has 1 aromatic rings. The van der Waals surface area contributed by atoms with E-state index in [1.54, 1.807) is 0 Å². The number of rotatable bonds is 9. The number of carbonyl (C=O) groups is 2. The van der Waals surface area contributed by atoms with Crippen molar-refractivity contribution < 1.29 is 22.8 Å². The maximum Gasteiger partial charge on any atom is 0.244 e. The fourth-order valence-electron chi connectivity index (χ4n) is 2.36. The molecule has 5 nitrogen and oxygen atoms in total. The van der Waals surface area contributed by atoms with Crippen LogP contribution in [-0.4, -0.2) is 42.9 Å². The van der Waals surface area contributed by atoms with Gasteiger partial charge in [0.2, 0.25) is 11.8 Å². The molecule has 2 N–H and O–H groups in total. The van der Waals surface area contributed by atoms with E-state index < -0.39 is 29.0 Å². The summed E-state index contributed by atoms with van der Waals surface area (Å²) >= 11 is 0. The molecule has 1 saturated carbocycles. The smallest absolute Gasteiger partial charge is 0.244 e. The fraction of sp³-hybridized carbons (Fsp3) is 0.529. The SMILES string of the molecule is CCCN(CC(=O)Nc1ccc(F)c(F)c1F)C(=O)CNCC1CC1. The van der Waals surface area contributed by atoms with Crippen LogP contribution in [-0.2, 0) is 9.59 Å². The minimum atomic E-state index is -1.65. The Bertz CT molecular complexity index is 636. The van der Waals surface area contributed by atoms with Crippen LogP contribution in [0.1, 0.15) is 26.2 Å². The molecule has 1 aromatic carbocycles. The van der Waals surface area contributed by atoms with Gasteiger partial charge in [-0.2, -0.15) is 0 Å². The topological polar surface area (TPSA) is 61.4 Å². The van der Waals surface area contributed by atoms with E-state index in [0.717, 1.165) is 18.7 Å². The highest BCUT2D eigenvalue weighted by Crippen LogP contribution is 2.27. The molecule has 0 aromatic heterocycles. The third kappa shape index (κ3) is 5.74. The number of anilines is 1. The number of hydrogen-bond acceptors (Lipinski definition) is 3. The van der Waals surface area contributed by atoms with Crippen LogP contribution in [0.25, 0.3) is 0 Å². The fourth-order valence-corrected chi connectivity index (χ4v) is 2.36. The molecular formula is C17H22F3N3O2. The molecule has 1 aliphatic rings. The summed E-state index contributed by atoms with van der Waals surface area (Å²) in [5.74, 6) is -4.72. The molecule has 25 heavy (non-hydrogen) atoms. The summed E-state index contributed by atoms with van der Waals surface area (Å²) in [5.41, 5.74) is -0.459. The predicted molar refractivity (Wildman–Crippen MR) is 87.4 cm³/mol. The summed E-state index contributed by atoms with van der Waals surface area (Å²) < 4.78 is 39.7. The van der Waals surface area contributed by atoms with Crippen molar-refractivity contribution in [3.63, 3.8) is 0 Å². The summed E-state index contributed by atoms with van der Waals surface area (Å²) in [5, 5.41) is 5.23. The molecule has 0 bridgehead atoms. The van der Waals surface area contributed by atoms with E-state index in [4.69, 9.17) is 0 Å². The first-order valence-electron chi connectivity index (χ1n) is 8.34. The van der Waals surface area contributed by atoms with Crippen LogP contribution in [0.2, 0.25) is 0 Å². The van der Waals surface area contributed by atoms with Crippen LogP contribution in [0, 0.1) is 23.4 Å². The molecule has 8 heteroatoms. The number of halogens is 3. The van der Waals surface area contributed by atoms with E-state index in [1.807, 2.05) is 6.92 Å². The van der Waals surface area contributed by atoms with Crippen LogP contribution in [0.3, 0.4) is 0 Å². The second-order valence-corrected chi connectivity index (χ2v) is 6.16. The van der Waals surface area contributed by atoms with Gasteiger partial charge in [-0.25, -0.2) is 13.2 Å². The van der Waals surface area contributed by atoms with Crippen molar-refractivity contribution in [1.82, 2.24) is 10.2 Å². The van der Waals surface area contributed by atoms with E-state index in [1.165, 1.54) is 17.7 Å². The molecule has 0 heterocycles. The van der Waals surface area contributed by atoms with E-state index in [2.05, 4.69) is 10.6 Å². The van der Waals surface area contributed by atoms with Crippen LogP contribution in [0.5, 0.6) is 0 Å². The maximum atomic E-state index is 13.6. The summed E-state index contributed by atoms with van der Waals surface area (Å²) in [4.78, 5) is 25.6. The average Bonchev–Trinajstić information content (AvgIpc) is 3.39. The molecule has 0 aliphatic heterocycles. The van der Waals surface area contributed by atoms with Gasteiger partial charge in [0, 0.05) is 6.54 Å². The Morgan fingerprint density at radius 1 is 1.20 bits per heavy atom. The number of benzene rings is 1. The molecule has 2 amide bonds. The predicted octanol–water partition coefficient (Wildman–Crippen LogP) is 2.28. The van der Waals surface area contributed by atoms with E-state index >= 15 is 0 Å². The number of nitrogens with zero attached hydrogens (tertiary/aromatic N) is 1. The lowest BCUT2D eigenvalue weighted by atomic mass is 10.2. The van der Waals surface area contributed by atoms with E-state index in [-0.39, 0.29) is 19.0 Å². The molecule has 1 aliphatic carbocycles. The van der Waals surface area contributed by atoms with Crippen molar-refractivity contribution >= 4 is 17.5 Å². The second-order valence-electron chi connectivity index (χ2n) is 6.16. The normalized spacial score (nSPS) is 13.6. The Morgan fingerprint density at radius 3 is 2.56 bits per heavy atom. The van der Waals surface area contributed by atoms with Gasteiger partial charge < -0.3 is 15.5 Å². The Labute approximate surface area is 144 Å². The first-order chi connectivity index (χ1) is 11.9. The molecule has 2 rings (SSSR count). The minimum Gasteiger partial charge on any atom is -0.332 e. The lowest BCUT2D eigenvalue weighted by Gasteiger charge is -2.22. The Kier molecular flexibility index (Phi) is 6.81. The number of carbonyl (C=O) groups excluding carboxylic acids is 2. The van der Waals surface area contributed by atoms with Gasteiger partial charge >= 0.3 is 0 Å². The zero-order chi connectivity index (χ0) is 18.4. The largest absolute Gasteiger partial charge is 0.332 e. The number of amides is 2. The van der Waals surface area contributed by atoms with Crippen molar-refractivity contribution in [3.05, 3.63) is 29.6 Å². The summed E-state index contributed by atoms with van der Waals surface area (Å²) in [6.07, 6.45) is 2.99. The standard InChI is InChI=1S/C17H22F3N3O2/c1-2-7-23(15(25)9-21-8-11-3-4-11)10-14(24)22-13-6-5-12(18)16(19)17(13)20/h5-6,11,21H,2-4,7-10H2,1H3,(H,22,24). The molecule has 0 unspecified atom stereocenters. The quantitative estimate of drug-likeness (QED) is 0.667. The third-order valence-corrected chi connectivity index (χ3v) is 3.90. The van der Waals surface area contributed by atoms with Gasteiger partial charge in [-0.15, -0.1) is 0 Å². The molecule has 0 radical (unpaired) electrons. The maximum absolute atomic E-state index is 13.6. The number of hydrogen-bond donors (Lipinski definition) is 2. The molecule has 1 fully saturated rings. The third-order valence-electron chi connectivity index (χ3n) is 3.90. The van der Waals surface area contributed by atoms with Gasteiger partial charge in [0.1, 0.15) is 0 Å². The van der Waals surface area contributed by atoms with Gasteiger partial charge in [-0.05, 0) is 43.9 Å². The zero-order valence-corrected chi connectivity index (χ0v) is 14.1. The van der Waals surface area contributed by atoms with Gasteiger partial charge in [-0.3, -0.25) is 9.59 Å². The lowest BCUT2D eigenvalue weighted by molar-refractivity contribution is -0.133. The monoisotopic (exact) mass is 357 g/mol. The Morgan fingerprint density at radius 2 is 1.92 bits per heavy atom. The number of nitrogens with one attached hydrogen (secondary N) is 2. The van der Waals surface area contributed by atoms with E-state index in [0.29, 0.717) is 18.9 Å². The van der Waals surface area contributed by atoms with Crippen molar-refractivity contribution in [3.8, 4) is 0 Å². The van der Waals surface area contributed by atoms with Crippen molar-refractivity contribution in [2.45, 2.75) is 26.2 Å². The average molecular weight is 357 g/mol.